The Hall–Kier alpha value is -3.14. The smallest absolute Gasteiger partial charge is 0.274 e. The zero-order valence-electron chi connectivity index (χ0n) is 12.8. The molecule has 114 valence electrons. The maximum atomic E-state index is 12.2. The largest absolute Gasteiger partial charge is 0.354 e. The minimum atomic E-state index is -0.217. The van der Waals surface area contributed by atoms with Crippen LogP contribution in [0.5, 0.6) is 0 Å². The third-order valence-electron chi connectivity index (χ3n) is 3.45. The van der Waals surface area contributed by atoms with E-state index in [0.29, 0.717) is 5.69 Å². The van der Waals surface area contributed by atoms with Crippen LogP contribution in [0, 0.1) is 6.92 Å². The van der Waals surface area contributed by atoms with E-state index in [2.05, 4.69) is 15.6 Å². The number of carbonyl (C=O) groups excluding carboxylic acids is 1. The van der Waals surface area contributed by atoms with Crippen LogP contribution in [0.15, 0.2) is 72.9 Å². The van der Waals surface area contributed by atoms with Crippen LogP contribution in [-0.4, -0.2) is 10.9 Å². The van der Waals surface area contributed by atoms with Crippen LogP contribution in [0.4, 0.5) is 17.1 Å². The molecule has 4 heteroatoms. The summed E-state index contributed by atoms with van der Waals surface area (Å²) in [5.41, 5.74) is 4.01. The highest BCUT2D eigenvalue weighted by Crippen LogP contribution is 2.17. The van der Waals surface area contributed by atoms with E-state index in [9.17, 15) is 4.79 Å². The van der Waals surface area contributed by atoms with Crippen molar-refractivity contribution in [3.63, 3.8) is 0 Å². The van der Waals surface area contributed by atoms with Gasteiger partial charge in [-0.05, 0) is 42.8 Å². The summed E-state index contributed by atoms with van der Waals surface area (Å²) in [5.74, 6) is -0.217. The third-order valence-corrected chi connectivity index (χ3v) is 3.45. The number of pyridine rings is 1. The molecule has 2 aromatic carbocycles. The lowest BCUT2D eigenvalue weighted by atomic mass is 10.2. The first-order valence-electron chi connectivity index (χ1n) is 7.37. The number of para-hydroxylation sites is 2. The van der Waals surface area contributed by atoms with E-state index in [0.717, 1.165) is 22.6 Å². The lowest BCUT2D eigenvalue weighted by Crippen LogP contribution is -2.14. The van der Waals surface area contributed by atoms with Gasteiger partial charge >= 0.3 is 0 Å². The van der Waals surface area contributed by atoms with Crippen LogP contribution in [0.1, 0.15) is 16.1 Å². The van der Waals surface area contributed by atoms with Gasteiger partial charge in [-0.25, -0.2) is 4.98 Å². The van der Waals surface area contributed by atoms with Gasteiger partial charge in [-0.2, -0.15) is 0 Å². The van der Waals surface area contributed by atoms with Crippen molar-refractivity contribution >= 4 is 23.0 Å². The summed E-state index contributed by atoms with van der Waals surface area (Å²) in [4.78, 5) is 16.5. The molecule has 0 saturated carbocycles. The molecule has 0 aliphatic carbocycles. The van der Waals surface area contributed by atoms with Crippen LogP contribution in [0.2, 0.25) is 0 Å². The standard InChI is InChI=1S/C19H17N3O/c1-14-7-5-6-10-17(14)22-19(23)18-12-11-16(13-20-18)21-15-8-3-2-4-9-15/h2-13,21H,1H3,(H,22,23). The Bertz CT molecular complexity index is 798. The van der Waals surface area contributed by atoms with Crippen molar-refractivity contribution in [3.05, 3.63) is 84.2 Å². The molecule has 1 aromatic heterocycles. The molecule has 2 N–H and O–H groups in total. The number of aromatic nitrogens is 1. The second kappa shape index (κ2) is 6.75. The first-order valence-corrected chi connectivity index (χ1v) is 7.37. The molecule has 0 saturated heterocycles. The van der Waals surface area contributed by atoms with Gasteiger partial charge in [-0.3, -0.25) is 4.79 Å². The Kier molecular flexibility index (Phi) is 4.34. The van der Waals surface area contributed by atoms with Gasteiger partial charge < -0.3 is 10.6 Å². The highest BCUT2D eigenvalue weighted by atomic mass is 16.1. The van der Waals surface area contributed by atoms with Gasteiger partial charge in [0.2, 0.25) is 0 Å². The van der Waals surface area contributed by atoms with Crippen molar-refractivity contribution in [1.29, 1.82) is 0 Å². The molecule has 1 heterocycles. The predicted molar refractivity (Wildman–Crippen MR) is 93.1 cm³/mol. The third kappa shape index (κ3) is 3.74. The molecular weight excluding hydrogens is 286 g/mol. The Morgan fingerprint density at radius 3 is 2.30 bits per heavy atom. The van der Waals surface area contributed by atoms with Crippen LogP contribution in [0.25, 0.3) is 0 Å². The second-order valence-electron chi connectivity index (χ2n) is 5.19. The van der Waals surface area contributed by atoms with E-state index in [4.69, 9.17) is 0 Å². The number of benzene rings is 2. The summed E-state index contributed by atoms with van der Waals surface area (Å²) in [6.07, 6.45) is 1.65. The average molecular weight is 303 g/mol. The van der Waals surface area contributed by atoms with Gasteiger partial charge in [0, 0.05) is 11.4 Å². The Morgan fingerprint density at radius 2 is 1.61 bits per heavy atom. The number of hydrogen-bond acceptors (Lipinski definition) is 3. The fourth-order valence-corrected chi connectivity index (χ4v) is 2.19. The highest BCUT2D eigenvalue weighted by Gasteiger charge is 2.08. The molecule has 0 spiro atoms. The fraction of sp³-hybridized carbons (Fsp3) is 0.0526. The number of anilines is 3. The first kappa shape index (κ1) is 14.8. The summed E-state index contributed by atoms with van der Waals surface area (Å²) in [6.45, 7) is 1.95. The summed E-state index contributed by atoms with van der Waals surface area (Å²) >= 11 is 0. The fourth-order valence-electron chi connectivity index (χ4n) is 2.19. The number of aryl methyl sites for hydroxylation is 1. The second-order valence-corrected chi connectivity index (χ2v) is 5.19. The first-order chi connectivity index (χ1) is 11.2. The molecule has 1 amide bonds. The number of nitrogens with zero attached hydrogens (tertiary/aromatic N) is 1. The van der Waals surface area contributed by atoms with Crippen molar-refractivity contribution in [2.75, 3.05) is 10.6 Å². The average Bonchev–Trinajstić information content (AvgIpc) is 2.58. The van der Waals surface area contributed by atoms with Crippen LogP contribution < -0.4 is 10.6 Å². The van der Waals surface area contributed by atoms with Gasteiger partial charge in [0.25, 0.3) is 5.91 Å². The van der Waals surface area contributed by atoms with Crippen LogP contribution >= 0.6 is 0 Å². The van der Waals surface area contributed by atoms with E-state index in [1.165, 1.54) is 0 Å². The van der Waals surface area contributed by atoms with Crippen molar-refractivity contribution in [3.8, 4) is 0 Å². The van der Waals surface area contributed by atoms with Gasteiger partial charge in [0.15, 0.2) is 0 Å². The Balaban J connectivity index is 1.69. The van der Waals surface area contributed by atoms with Gasteiger partial charge in [0.05, 0.1) is 11.9 Å². The summed E-state index contributed by atoms with van der Waals surface area (Å²) in [7, 11) is 0. The molecule has 3 aromatic rings. The minimum Gasteiger partial charge on any atom is -0.354 e. The molecular formula is C19H17N3O. The molecule has 0 unspecified atom stereocenters. The van der Waals surface area contributed by atoms with Crippen LogP contribution in [0.3, 0.4) is 0 Å². The zero-order valence-corrected chi connectivity index (χ0v) is 12.8. The van der Waals surface area contributed by atoms with E-state index < -0.39 is 0 Å². The Morgan fingerprint density at radius 1 is 0.870 bits per heavy atom. The SMILES string of the molecule is Cc1ccccc1NC(=O)c1ccc(Nc2ccccc2)cn1. The molecule has 4 nitrogen and oxygen atoms in total. The molecule has 0 radical (unpaired) electrons. The normalized spacial score (nSPS) is 10.1. The molecule has 23 heavy (non-hydrogen) atoms. The van der Waals surface area contributed by atoms with E-state index in [1.807, 2.05) is 67.6 Å². The summed E-state index contributed by atoms with van der Waals surface area (Å²) in [5, 5.41) is 6.11. The number of rotatable bonds is 4. The van der Waals surface area contributed by atoms with Crippen molar-refractivity contribution in [2.24, 2.45) is 0 Å². The van der Waals surface area contributed by atoms with Crippen molar-refractivity contribution < 1.29 is 4.79 Å². The lowest BCUT2D eigenvalue weighted by Gasteiger charge is -2.09. The molecule has 0 bridgehead atoms. The monoisotopic (exact) mass is 303 g/mol. The van der Waals surface area contributed by atoms with E-state index >= 15 is 0 Å². The van der Waals surface area contributed by atoms with Gasteiger partial charge in [-0.1, -0.05) is 36.4 Å². The molecule has 0 atom stereocenters. The van der Waals surface area contributed by atoms with Crippen LogP contribution in [-0.2, 0) is 0 Å². The van der Waals surface area contributed by atoms with Crippen molar-refractivity contribution in [1.82, 2.24) is 4.98 Å². The van der Waals surface area contributed by atoms with E-state index in [1.54, 1.807) is 12.3 Å². The van der Waals surface area contributed by atoms with Gasteiger partial charge in [-0.15, -0.1) is 0 Å². The minimum absolute atomic E-state index is 0.217. The maximum absolute atomic E-state index is 12.2. The molecule has 0 fully saturated rings. The summed E-state index contributed by atoms with van der Waals surface area (Å²) < 4.78 is 0. The highest BCUT2D eigenvalue weighted by molar-refractivity contribution is 6.03. The molecule has 0 aliphatic rings. The number of nitrogens with one attached hydrogen (secondary N) is 2. The van der Waals surface area contributed by atoms with Gasteiger partial charge in [0.1, 0.15) is 5.69 Å². The number of hydrogen-bond donors (Lipinski definition) is 2. The quantitative estimate of drug-likeness (QED) is 0.751. The topological polar surface area (TPSA) is 54.0 Å². The number of carbonyl (C=O) groups is 1. The molecule has 0 aliphatic heterocycles. The zero-order chi connectivity index (χ0) is 16.1. The van der Waals surface area contributed by atoms with Crippen molar-refractivity contribution in [2.45, 2.75) is 6.92 Å². The summed E-state index contributed by atoms with van der Waals surface area (Å²) in [6, 6.07) is 21.0. The lowest BCUT2D eigenvalue weighted by molar-refractivity contribution is 0.102. The Labute approximate surface area is 135 Å². The predicted octanol–water partition coefficient (Wildman–Crippen LogP) is 4.39. The molecule has 3 rings (SSSR count). The number of amides is 1. The van der Waals surface area contributed by atoms with E-state index in [-0.39, 0.29) is 5.91 Å². The maximum Gasteiger partial charge on any atom is 0.274 e.